The normalized spacial score (nSPS) is 30.4. The van der Waals surface area contributed by atoms with Crippen LogP contribution in [0.5, 0.6) is 0 Å². The lowest BCUT2D eigenvalue weighted by Crippen LogP contribution is -2.47. The van der Waals surface area contributed by atoms with Gasteiger partial charge in [0, 0.05) is 18.5 Å². The van der Waals surface area contributed by atoms with E-state index in [4.69, 9.17) is 0 Å². The van der Waals surface area contributed by atoms with Crippen LogP contribution < -0.4 is 0 Å². The second kappa shape index (κ2) is 3.92. The van der Waals surface area contributed by atoms with Crippen LogP contribution in [0.3, 0.4) is 0 Å². The largest absolute Gasteiger partial charge is 0.337 e. The highest BCUT2D eigenvalue weighted by Gasteiger charge is 2.27. The Morgan fingerprint density at radius 2 is 1.83 bits per heavy atom. The molecule has 12 heavy (non-hydrogen) atoms. The first-order valence-corrected chi connectivity index (χ1v) is 4.98. The van der Waals surface area contributed by atoms with Crippen molar-refractivity contribution in [1.82, 2.24) is 4.90 Å². The van der Waals surface area contributed by atoms with E-state index < -0.39 is 0 Å². The van der Waals surface area contributed by atoms with Crippen molar-refractivity contribution in [3.8, 4) is 0 Å². The molecule has 1 amide bonds. The summed E-state index contributed by atoms with van der Waals surface area (Å²) in [4.78, 5) is 13.6. The maximum atomic E-state index is 11.5. The van der Waals surface area contributed by atoms with Crippen molar-refractivity contribution >= 4 is 5.91 Å². The van der Waals surface area contributed by atoms with Crippen LogP contribution in [-0.2, 0) is 4.79 Å². The van der Waals surface area contributed by atoms with Crippen LogP contribution in [-0.4, -0.2) is 22.9 Å². The van der Waals surface area contributed by atoms with E-state index in [9.17, 15) is 4.79 Å². The second-order valence-corrected chi connectivity index (χ2v) is 3.78. The molecular weight excluding hydrogens is 150 g/mol. The molecule has 0 aromatic heterocycles. The van der Waals surface area contributed by atoms with Crippen LogP contribution in [0.1, 0.15) is 46.5 Å². The highest BCUT2D eigenvalue weighted by Crippen LogP contribution is 2.22. The summed E-state index contributed by atoms with van der Waals surface area (Å²) in [7, 11) is 0. The van der Waals surface area contributed by atoms with Crippen LogP contribution in [0.15, 0.2) is 0 Å². The molecule has 1 fully saturated rings. The molecule has 1 rings (SSSR count). The van der Waals surface area contributed by atoms with Crippen LogP contribution in [0.2, 0.25) is 0 Å². The van der Waals surface area contributed by atoms with E-state index in [0.717, 1.165) is 0 Å². The molecule has 0 N–H and O–H groups in total. The van der Waals surface area contributed by atoms with Crippen LogP contribution in [0.4, 0.5) is 0 Å². The van der Waals surface area contributed by atoms with Crippen molar-refractivity contribution in [3.05, 3.63) is 0 Å². The first-order chi connectivity index (χ1) is 5.66. The number of hydrogen-bond acceptors (Lipinski definition) is 1. The topological polar surface area (TPSA) is 20.3 Å². The lowest BCUT2D eigenvalue weighted by molar-refractivity contribution is -0.136. The van der Waals surface area contributed by atoms with Gasteiger partial charge >= 0.3 is 0 Å². The Hall–Kier alpha value is -0.530. The summed E-state index contributed by atoms with van der Waals surface area (Å²) in [6.45, 7) is 6.25. The van der Waals surface area contributed by atoms with Gasteiger partial charge in [0.05, 0.1) is 0 Å². The summed E-state index contributed by atoms with van der Waals surface area (Å²) < 4.78 is 0. The summed E-state index contributed by atoms with van der Waals surface area (Å²) in [5.41, 5.74) is 0. The van der Waals surface area contributed by atoms with E-state index in [0.29, 0.717) is 24.4 Å². The minimum Gasteiger partial charge on any atom is -0.337 e. The highest BCUT2D eigenvalue weighted by atomic mass is 16.2. The molecule has 70 valence electrons. The molecule has 0 aromatic carbocycles. The smallest absolute Gasteiger partial charge is 0.222 e. The summed E-state index contributed by atoms with van der Waals surface area (Å²) in [6, 6.07) is 0.919. The number of piperidine rings is 1. The van der Waals surface area contributed by atoms with Gasteiger partial charge in [-0.25, -0.2) is 0 Å². The molecule has 2 unspecified atom stereocenters. The van der Waals surface area contributed by atoms with Gasteiger partial charge in [-0.05, 0) is 33.1 Å². The van der Waals surface area contributed by atoms with Gasteiger partial charge in [0.25, 0.3) is 0 Å². The molecule has 1 aliphatic heterocycles. The molecular formula is C10H19NO. The number of rotatable bonds is 1. The van der Waals surface area contributed by atoms with Gasteiger partial charge < -0.3 is 4.90 Å². The van der Waals surface area contributed by atoms with Gasteiger partial charge in [-0.2, -0.15) is 0 Å². The monoisotopic (exact) mass is 169 g/mol. The predicted octanol–water partition coefficient (Wildman–Crippen LogP) is 2.19. The molecule has 1 saturated heterocycles. The van der Waals surface area contributed by atoms with Crippen molar-refractivity contribution in [2.45, 2.75) is 58.5 Å². The third kappa shape index (κ3) is 1.79. The fourth-order valence-electron chi connectivity index (χ4n) is 2.10. The Labute approximate surface area is 74.9 Å². The Morgan fingerprint density at radius 3 is 2.25 bits per heavy atom. The van der Waals surface area contributed by atoms with E-state index >= 15 is 0 Å². The molecule has 0 radical (unpaired) electrons. The number of carbonyl (C=O) groups excluding carboxylic acids is 1. The molecule has 0 aliphatic carbocycles. The van der Waals surface area contributed by atoms with Crippen molar-refractivity contribution in [3.63, 3.8) is 0 Å². The summed E-state index contributed by atoms with van der Waals surface area (Å²) >= 11 is 0. The first-order valence-electron chi connectivity index (χ1n) is 4.98. The SMILES string of the molecule is CCC(=O)N1C(C)CCCC1C. The first kappa shape index (κ1) is 9.56. The molecule has 2 heteroatoms. The fraction of sp³-hybridized carbons (Fsp3) is 0.900. The third-order valence-electron chi connectivity index (χ3n) is 2.78. The summed E-state index contributed by atoms with van der Waals surface area (Å²) in [6.07, 6.45) is 4.27. The predicted molar refractivity (Wildman–Crippen MR) is 49.9 cm³/mol. The quantitative estimate of drug-likeness (QED) is 0.589. The molecule has 1 heterocycles. The lowest BCUT2D eigenvalue weighted by Gasteiger charge is -2.39. The average molecular weight is 169 g/mol. The zero-order chi connectivity index (χ0) is 9.14. The Bertz CT molecular complexity index is 157. The van der Waals surface area contributed by atoms with Gasteiger partial charge in [-0.15, -0.1) is 0 Å². The van der Waals surface area contributed by atoms with Crippen LogP contribution >= 0.6 is 0 Å². The number of nitrogens with zero attached hydrogens (tertiary/aromatic N) is 1. The van der Waals surface area contributed by atoms with E-state index in [1.165, 1.54) is 19.3 Å². The van der Waals surface area contributed by atoms with Crippen molar-refractivity contribution < 1.29 is 4.79 Å². The van der Waals surface area contributed by atoms with E-state index in [-0.39, 0.29) is 0 Å². The zero-order valence-corrected chi connectivity index (χ0v) is 8.34. The Balaban J connectivity index is 2.62. The summed E-state index contributed by atoms with van der Waals surface area (Å²) in [5, 5.41) is 0. The van der Waals surface area contributed by atoms with Gasteiger partial charge in [0.2, 0.25) is 5.91 Å². The molecule has 0 bridgehead atoms. The Kier molecular flexibility index (Phi) is 3.12. The van der Waals surface area contributed by atoms with Gasteiger partial charge in [0.1, 0.15) is 0 Å². The highest BCUT2D eigenvalue weighted by molar-refractivity contribution is 5.76. The van der Waals surface area contributed by atoms with Gasteiger partial charge in [-0.1, -0.05) is 6.92 Å². The molecule has 0 spiro atoms. The second-order valence-electron chi connectivity index (χ2n) is 3.78. The van der Waals surface area contributed by atoms with Crippen LogP contribution in [0.25, 0.3) is 0 Å². The molecule has 0 aromatic rings. The van der Waals surface area contributed by atoms with Crippen molar-refractivity contribution in [2.24, 2.45) is 0 Å². The fourth-order valence-corrected chi connectivity index (χ4v) is 2.10. The number of carbonyl (C=O) groups is 1. The molecule has 2 atom stereocenters. The maximum Gasteiger partial charge on any atom is 0.222 e. The minimum absolute atomic E-state index is 0.315. The van der Waals surface area contributed by atoms with Gasteiger partial charge in [-0.3, -0.25) is 4.79 Å². The lowest BCUT2D eigenvalue weighted by atomic mass is 9.97. The van der Waals surface area contributed by atoms with Crippen LogP contribution in [0, 0.1) is 0 Å². The zero-order valence-electron chi connectivity index (χ0n) is 8.34. The standard InChI is InChI=1S/C10H19NO/c1-4-10(12)11-8(2)6-5-7-9(11)3/h8-9H,4-7H2,1-3H3. The van der Waals surface area contributed by atoms with Crippen molar-refractivity contribution in [1.29, 1.82) is 0 Å². The average Bonchev–Trinajstić information content (AvgIpc) is 2.03. The van der Waals surface area contributed by atoms with E-state index in [1.54, 1.807) is 0 Å². The maximum absolute atomic E-state index is 11.5. The minimum atomic E-state index is 0.315. The number of likely N-dealkylation sites (tertiary alicyclic amines) is 1. The van der Waals surface area contributed by atoms with E-state index in [1.807, 2.05) is 6.92 Å². The van der Waals surface area contributed by atoms with E-state index in [2.05, 4.69) is 18.7 Å². The number of amides is 1. The Morgan fingerprint density at radius 1 is 1.33 bits per heavy atom. The molecule has 0 saturated carbocycles. The molecule has 2 nitrogen and oxygen atoms in total. The summed E-state index contributed by atoms with van der Waals surface area (Å²) in [5.74, 6) is 0.315. The van der Waals surface area contributed by atoms with Gasteiger partial charge in [0.15, 0.2) is 0 Å². The van der Waals surface area contributed by atoms with Crippen molar-refractivity contribution in [2.75, 3.05) is 0 Å². The molecule has 1 aliphatic rings. The third-order valence-corrected chi connectivity index (χ3v) is 2.78. The number of hydrogen-bond donors (Lipinski definition) is 0.